The summed E-state index contributed by atoms with van der Waals surface area (Å²) in [6.07, 6.45) is -0.331. The fourth-order valence-corrected chi connectivity index (χ4v) is 2.18. The summed E-state index contributed by atoms with van der Waals surface area (Å²) in [7, 11) is 1.37. The van der Waals surface area contributed by atoms with Gasteiger partial charge in [-0.15, -0.1) is 0 Å². The molecule has 0 bridgehead atoms. The molecule has 0 aliphatic carbocycles. The molecule has 1 aromatic rings. The molecule has 5 heteroatoms. The van der Waals surface area contributed by atoms with Gasteiger partial charge in [0, 0.05) is 31.7 Å². The number of benzene rings is 1. The van der Waals surface area contributed by atoms with E-state index in [1.54, 1.807) is 9.80 Å². The lowest BCUT2D eigenvalue weighted by atomic mass is 10.1. The van der Waals surface area contributed by atoms with Gasteiger partial charge in [-0.2, -0.15) is 0 Å². The van der Waals surface area contributed by atoms with Gasteiger partial charge in [-0.1, -0.05) is 17.7 Å². The first kappa shape index (κ1) is 13.4. The average Bonchev–Trinajstić information content (AvgIpc) is 2.46. The van der Waals surface area contributed by atoms with Crippen molar-refractivity contribution < 1.29 is 14.3 Å². The van der Waals surface area contributed by atoms with Gasteiger partial charge in [0.1, 0.15) is 0 Å². The van der Waals surface area contributed by atoms with Crippen molar-refractivity contribution in [2.75, 3.05) is 33.3 Å². The third-order valence-corrected chi connectivity index (χ3v) is 3.26. The maximum Gasteiger partial charge on any atom is 0.409 e. The first-order valence-corrected chi connectivity index (χ1v) is 6.30. The molecule has 1 heterocycles. The summed E-state index contributed by atoms with van der Waals surface area (Å²) in [5.74, 6) is 0.0215. The maximum atomic E-state index is 12.3. The molecule has 5 nitrogen and oxygen atoms in total. The number of hydrogen-bond acceptors (Lipinski definition) is 3. The third kappa shape index (κ3) is 3.05. The number of carbonyl (C=O) groups is 2. The van der Waals surface area contributed by atoms with Crippen LogP contribution in [0, 0.1) is 6.92 Å². The number of ether oxygens (including phenoxy) is 1. The van der Waals surface area contributed by atoms with E-state index in [1.165, 1.54) is 7.11 Å². The molecule has 0 unspecified atom stereocenters. The Balaban J connectivity index is 1.98. The zero-order valence-corrected chi connectivity index (χ0v) is 11.3. The number of rotatable bonds is 1. The fourth-order valence-electron chi connectivity index (χ4n) is 2.18. The second-order valence-electron chi connectivity index (χ2n) is 4.62. The van der Waals surface area contributed by atoms with Gasteiger partial charge in [0.2, 0.25) is 0 Å². The molecule has 0 radical (unpaired) electrons. The molecule has 1 fully saturated rings. The Morgan fingerprint density at radius 3 is 2.32 bits per heavy atom. The monoisotopic (exact) mass is 262 g/mol. The molecule has 0 atom stereocenters. The average molecular weight is 262 g/mol. The van der Waals surface area contributed by atoms with Crippen molar-refractivity contribution in [3.05, 3.63) is 35.4 Å². The fraction of sp³-hybridized carbons (Fsp3) is 0.429. The molecular formula is C14H18N2O3. The predicted octanol–water partition coefficient (Wildman–Crippen LogP) is 1.52. The Hall–Kier alpha value is -2.04. The second kappa shape index (κ2) is 5.73. The Morgan fingerprint density at radius 2 is 1.74 bits per heavy atom. The van der Waals surface area contributed by atoms with Crippen molar-refractivity contribution in [3.63, 3.8) is 0 Å². The molecule has 0 N–H and O–H groups in total. The highest BCUT2D eigenvalue weighted by atomic mass is 16.5. The highest BCUT2D eigenvalue weighted by Gasteiger charge is 2.25. The van der Waals surface area contributed by atoms with Crippen LogP contribution in [-0.2, 0) is 4.74 Å². The summed E-state index contributed by atoms with van der Waals surface area (Å²) in [6, 6.07) is 7.55. The maximum absolute atomic E-state index is 12.3. The van der Waals surface area contributed by atoms with E-state index in [-0.39, 0.29) is 12.0 Å². The number of methoxy groups -OCH3 is 1. The predicted molar refractivity (Wildman–Crippen MR) is 71.1 cm³/mol. The van der Waals surface area contributed by atoms with E-state index in [0.29, 0.717) is 31.7 Å². The first-order chi connectivity index (χ1) is 9.11. The van der Waals surface area contributed by atoms with Gasteiger partial charge >= 0.3 is 6.09 Å². The lowest BCUT2D eigenvalue weighted by molar-refractivity contribution is 0.0599. The lowest BCUT2D eigenvalue weighted by Gasteiger charge is -2.33. The minimum atomic E-state index is -0.331. The Kier molecular flexibility index (Phi) is 4.04. The molecule has 0 spiro atoms. The molecule has 102 valence electrons. The zero-order valence-electron chi connectivity index (χ0n) is 11.3. The molecule has 1 aliphatic heterocycles. The van der Waals surface area contributed by atoms with Crippen LogP contribution in [0.4, 0.5) is 4.79 Å². The molecule has 1 aliphatic rings. The number of piperazine rings is 1. The van der Waals surface area contributed by atoms with E-state index in [0.717, 1.165) is 5.56 Å². The standard InChI is InChI=1S/C14H18N2O3/c1-11-4-3-5-12(10-11)13(17)15-6-8-16(9-7-15)14(18)19-2/h3-5,10H,6-9H2,1-2H3. The highest BCUT2D eigenvalue weighted by molar-refractivity contribution is 5.94. The van der Waals surface area contributed by atoms with Gasteiger partial charge in [-0.3, -0.25) is 4.79 Å². The van der Waals surface area contributed by atoms with Gasteiger partial charge < -0.3 is 14.5 Å². The van der Waals surface area contributed by atoms with E-state index >= 15 is 0 Å². The Bertz CT molecular complexity index is 479. The van der Waals surface area contributed by atoms with Crippen molar-refractivity contribution >= 4 is 12.0 Å². The van der Waals surface area contributed by atoms with Crippen LogP contribution in [0.5, 0.6) is 0 Å². The van der Waals surface area contributed by atoms with E-state index in [9.17, 15) is 9.59 Å². The zero-order chi connectivity index (χ0) is 13.8. The number of aryl methyl sites for hydroxylation is 1. The number of carbonyl (C=O) groups excluding carboxylic acids is 2. The van der Waals surface area contributed by atoms with Crippen LogP contribution in [0.15, 0.2) is 24.3 Å². The van der Waals surface area contributed by atoms with Crippen LogP contribution in [0.25, 0.3) is 0 Å². The van der Waals surface area contributed by atoms with Gasteiger partial charge in [0.05, 0.1) is 7.11 Å². The molecule has 19 heavy (non-hydrogen) atoms. The van der Waals surface area contributed by atoms with E-state index in [4.69, 9.17) is 0 Å². The molecule has 1 saturated heterocycles. The van der Waals surface area contributed by atoms with Crippen LogP contribution < -0.4 is 0 Å². The molecule has 1 aromatic carbocycles. The summed E-state index contributed by atoms with van der Waals surface area (Å²) in [5, 5.41) is 0. The van der Waals surface area contributed by atoms with Gasteiger partial charge in [0.15, 0.2) is 0 Å². The van der Waals surface area contributed by atoms with Gasteiger partial charge in [-0.25, -0.2) is 4.79 Å². The van der Waals surface area contributed by atoms with Crippen LogP contribution in [0.1, 0.15) is 15.9 Å². The van der Waals surface area contributed by atoms with Crippen LogP contribution in [0.3, 0.4) is 0 Å². The quantitative estimate of drug-likeness (QED) is 0.771. The van der Waals surface area contributed by atoms with Crippen molar-refractivity contribution in [2.45, 2.75) is 6.92 Å². The van der Waals surface area contributed by atoms with E-state index in [2.05, 4.69) is 4.74 Å². The first-order valence-electron chi connectivity index (χ1n) is 6.30. The Morgan fingerprint density at radius 1 is 1.11 bits per heavy atom. The van der Waals surface area contributed by atoms with Crippen molar-refractivity contribution in [1.82, 2.24) is 9.80 Å². The SMILES string of the molecule is COC(=O)N1CCN(C(=O)c2cccc(C)c2)CC1. The lowest BCUT2D eigenvalue weighted by Crippen LogP contribution is -2.50. The summed E-state index contributed by atoms with van der Waals surface area (Å²) in [5.41, 5.74) is 1.77. The summed E-state index contributed by atoms with van der Waals surface area (Å²) in [4.78, 5) is 27.0. The molecular weight excluding hydrogens is 244 g/mol. The molecule has 0 saturated carbocycles. The van der Waals surface area contributed by atoms with Crippen molar-refractivity contribution in [1.29, 1.82) is 0 Å². The summed E-state index contributed by atoms with van der Waals surface area (Å²) < 4.78 is 4.67. The second-order valence-corrected chi connectivity index (χ2v) is 4.62. The Labute approximate surface area is 112 Å². The largest absolute Gasteiger partial charge is 0.453 e. The van der Waals surface area contributed by atoms with Gasteiger partial charge in [-0.05, 0) is 19.1 Å². The highest BCUT2D eigenvalue weighted by Crippen LogP contribution is 2.11. The van der Waals surface area contributed by atoms with E-state index in [1.807, 2.05) is 31.2 Å². The van der Waals surface area contributed by atoms with Crippen LogP contribution in [-0.4, -0.2) is 55.1 Å². The van der Waals surface area contributed by atoms with Crippen molar-refractivity contribution in [2.24, 2.45) is 0 Å². The van der Waals surface area contributed by atoms with Crippen LogP contribution >= 0.6 is 0 Å². The number of hydrogen-bond donors (Lipinski definition) is 0. The normalized spacial score (nSPS) is 15.3. The number of amides is 2. The topological polar surface area (TPSA) is 49.9 Å². The van der Waals surface area contributed by atoms with Gasteiger partial charge in [0.25, 0.3) is 5.91 Å². The van der Waals surface area contributed by atoms with Crippen LogP contribution in [0.2, 0.25) is 0 Å². The minimum absolute atomic E-state index is 0.0215. The van der Waals surface area contributed by atoms with Crippen molar-refractivity contribution in [3.8, 4) is 0 Å². The smallest absolute Gasteiger partial charge is 0.409 e. The van der Waals surface area contributed by atoms with E-state index < -0.39 is 0 Å². The molecule has 2 rings (SSSR count). The third-order valence-electron chi connectivity index (χ3n) is 3.26. The minimum Gasteiger partial charge on any atom is -0.453 e. The summed E-state index contributed by atoms with van der Waals surface area (Å²) >= 11 is 0. The summed E-state index contributed by atoms with van der Waals surface area (Å²) in [6.45, 7) is 4.09. The molecule has 0 aromatic heterocycles. The molecule has 2 amide bonds. The number of nitrogens with zero attached hydrogens (tertiary/aromatic N) is 2.